The van der Waals surface area contributed by atoms with Gasteiger partial charge in [0.1, 0.15) is 5.75 Å². The lowest BCUT2D eigenvalue weighted by Crippen LogP contribution is -2.21. The maximum atomic E-state index is 12.6. The van der Waals surface area contributed by atoms with E-state index >= 15 is 0 Å². The van der Waals surface area contributed by atoms with Gasteiger partial charge in [0.25, 0.3) is 0 Å². The minimum absolute atomic E-state index is 0.281. The highest BCUT2D eigenvalue weighted by molar-refractivity contribution is 6.44. The smallest absolute Gasteiger partial charge is 0.362 e. The molecule has 3 nitrogen and oxygen atoms in total. The van der Waals surface area contributed by atoms with Gasteiger partial charge < -0.3 is 4.74 Å². The number of hydrogen-bond acceptors (Lipinski definition) is 3. The second-order valence-electron chi connectivity index (χ2n) is 5.36. The Morgan fingerprint density at radius 2 is 1.38 bits per heavy atom. The predicted molar refractivity (Wildman–Crippen MR) is 95.9 cm³/mol. The van der Waals surface area contributed by atoms with Crippen LogP contribution in [0.3, 0.4) is 0 Å². The molecule has 24 heavy (non-hydrogen) atoms. The summed E-state index contributed by atoms with van der Waals surface area (Å²) in [7, 11) is 0. The monoisotopic (exact) mass is 315 g/mol. The van der Waals surface area contributed by atoms with Crippen molar-refractivity contribution in [3.63, 3.8) is 0 Å². The van der Waals surface area contributed by atoms with Crippen LogP contribution in [0.1, 0.15) is 11.1 Å². The van der Waals surface area contributed by atoms with E-state index in [1.54, 1.807) is 12.1 Å². The molecule has 0 saturated heterocycles. The minimum atomic E-state index is -0.479. The Bertz CT molecular complexity index is 838. The summed E-state index contributed by atoms with van der Waals surface area (Å²) in [6.45, 7) is 2.01. The van der Waals surface area contributed by atoms with E-state index < -0.39 is 5.97 Å². The fraction of sp³-hybridized carbons (Fsp3) is 0.0476. The van der Waals surface area contributed by atoms with Crippen molar-refractivity contribution in [3.8, 4) is 5.75 Å². The first-order valence-corrected chi connectivity index (χ1v) is 7.70. The summed E-state index contributed by atoms with van der Waals surface area (Å²) in [6, 6.07) is 26.0. The van der Waals surface area contributed by atoms with E-state index in [-0.39, 0.29) is 5.71 Å². The van der Waals surface area contributed by atoms with E-state index in [9.17, 15) is 4.79 Å². The van der Waals surface area contributed by atoms with Gasteiger partial charge in [0, 0.05) is 5.56 Å². The van der Waals surface area contributed by atoms with Gasteiger partial charge in [-0.25, -0.2) is 9.79 Å². The predicted octanol–water partition coefficient (Wildman–Crippen LogP) is 4.72. The van der Waals surface area contributed by atoms with E-state index in [1.165, 1.54) is 0 Å². The first-order valence-electron chi connectivity index (χ1n) is 7.70. The average molecular weight is 315 g/mol. The van der Waals surface area contributed by atoms with Gasteiger partial charge in [-0.05, 0) is 31.2 Å². The van der Waals surface area contributed by atoms with Crippen molar-refractivity contribution >= 4 is 17.4 Å². The van der Waals surface area contributed by atoms with Crippen LogP contribution in [0.2, 0.25) is 0 Å². The molecular weight excluding hydrogens is 298 g/mol. The molecule has 0 aliphatic heterocycles. The van der Waals surface area contributed by atoms with Crippen LogP contribution >= 0.6 is 0 Å². The second kappa shape index (κ2) is 7.38. The van der Waals surface area contributed by atoms with Crippen molar-refractivity contribution in [1.82, 2.24) is 0 Å². The number of carbonyl (C=O) groups excluding carboxylic acids is 1. The van der Waals surface area contributed by atoms with E-state index in [1.807, 2.05) is 79.7 Å². The molecule has 0 bridgehead atoms. The molecule has 0 fully saturated rings. The Morgan fingerprint density at radius 1 is 0.792 bits per heavy atom. The molecule has 0 amide bonds. The third-order valence-corrected chi connectivity index (χ3v) is 3.47. The minimum Gasteiger partial charge on any atom is -0.422 e. The molecule has 0 unspecified atom stereocenters. The maximum absolute atomic E-state index is 12.6. The van der Waals surface area contributed by atoms with Gasteiger partial charge in [-0.1, -0.05) is 66.2 Å². The number of hydrogen-bond donors (Lipinski definition) is 0. The maximum Gasteiger partial charge on any atom is 0.362 e. The molecule has 118 valence electrons. The Morgan fingerprint density at radius 3 is 2.00 bits per heavy atom. The summed E-state index contributed by atoms with van der Waals surface area (Å²) < 4.78 is 5.46. The number of aliphatic imine (C=N–C) groups is 1. The summed E-state index contributed by atoms with van der Waals surface area (Å²) in [4.78, 5) is 17.1. The molecule has 0 radical (unpaired) electrons. The van der Waals surface area contributed by atoms with Crippen LogP contribution in [0.5, 0.6) is 5.75 Å². The summed E-state index contributed by atoms with van der Waals surface area (Å²) in [5.41, 5.74) is 2.86. The SMILES string of the molecule is Cc1ccc(N=C(C(=O)Oc2ccccc2)c2ccccc2)cc1. The zero-order chi connectivity index (χ0) is 16.8. The van der Waals surface area contributed by atoms with Gasteiger partial charge in [-0.2, -0.15) is 0 Å². The van der Waals surface area contributed by atoms with E-state index in [2.05, 4.69) is 4.99 Å². The van der Waals surface area contributed by atoms with Gasteiger partial charge >= 0.3 is 5.97 Å². The fourth-order valence-electron chi connectivity index (χ4n) is 2.22. The molecule has 0 saturated carbocycles. The topological polar surface area (TPSA) is 38.7 Å². The number of rotatable bonds is 4. The summed E-state index contributed by atoms with van der Waals surface area (Å²) >= 11 is 0. The van der Waals surface area contributed by atoms with E-state index in [0.717, 1.165) is 11.1 Å². The third kappa shape index (κ3) is 3.96. The summed E-state index contributed by atoms with van der Waals surface area (Å²) in [6.07, 6.45) is 0. The lowest BCUT2D eigenvalue weighted by Gasteiger charge is -2.08. The normalized spacial score (nSPS) is 11.1. The lowest BCUT2D eigenvalue weighted by atomic mass is 10.1. The highest BCUT2D eigenvalue weighted by Gasteiger charge is 2.16. The largest absolute Gasteiger partial charge is 0.422 e. The van der Waals surface area contributed by atoms with Crippen molar-refractivity contribution in [2.24, 2.45) is 4.99 Å². The Labute approximate surface area is 141 Å². The standard InChI is InChI=1S/C21H17NO2/c1-16-12-14-18(15-13-16)22-20(17-8-4-2-5-9-17)21(23)24-19-10-6-3-7-11-19/h2-15H,1H3. The van der Waals surface area contributed by atoms with Crippen molar-refractivity contribution in [2.45, 2.75) is 6.92 Å². The Balaban J connectivity index is 1.96. The second-order valence-corrected chi connectivity index (χ2v) is 5.36. The number of nitrogens with zero attached hydrogens (tertiary/aromatic N) is 1. The molecule has 0 aromatic heterocycles. The number of para-hydroxylation sites is 1. The number of ether oxygens (including phenoxy) is 1. The molecule has 3 rings (SSSR count). The van der Waals surface area contributed by atoms with Crippen LogP contribution in [0.15, 0.2) is 89.9 Å². The molecule has 3 aromatic rings. The molecular formula is C21H17NO2. The number of carbonyl (C=O) groups is 1. The molecule has 0 atom stereocenters. The van der Waals surface area contributed by atoms with Crippen LogP contribution in [0.25, 0.3) is 0 Å². The van der Waals surface area contributed by atoms with Crippen molar-refractivity contribution in [3.05, 3.63) is 96.1 Å². The number of benzene rings is 3. The van der Waals surface area contributed by atoms with Crippen LogP contribution in [0.4, 0.5) is 5.69 Å². The fourth-order valence-corrected chi connectivity index (χ4v) is 2.22. The average Bonchev–Trinajstić information content (AvgIpc) is 2.63. The molecule has 0 spiro atoms. The van der Waals surface area contributed by atoms with Crippen LogP contribution in [-0.2, 0) is 4.79 Å². The van der Waals surface area contributed by atoms with Crippen molar-refractivity contribution < 1.29 is 9.53 Å². The van der Waals surface area contributed by atoms with Crippen molar-refractivity contribution in [1.29, 1.82) is 0 Å². The van der Waals surface area contributed by atoms with Gasteiger partial charge in [-0.15, -0.1) is 0 Å². The lowest BCUT2D eigenvalue weighted by molar-refractivity contribution is -0.126. The first kappa shape index (κ1) is 15.7. The van der Waals surface area contributed by atoms with Gasteiger partial charge in [0.2, 0.25) is 0 Å². The molecule has 0 aliphatic rings. The summed E-state index contributed by atoms with van der Waals surface area (Å²) in [5.74, 6) is 0.0167. The highest BCUT2D eigenvalue weighted by atomic mass is 16.5. The Hall–Kier alpha value is -3.20. The highest BCUT2D eigenvalue weighted by Crippen LogP contribution is 2.17. The van der Waals surface area contributed by atoms with Crippen LogP contribution in [0, 0.1) is 6.92 Å². The van der Waals surface area contributed by atoms with Crippen LogP contribution in [-0.4, -0.2) is 11.7 Å². The zero-order valence-corrected chi connectivity index (χ0v) is 13.3. The molecule has 0 heterocycles. The van der Waals surface area contributed by atoms with E-state index in [4.69, 9.17) is 4.74 Å². The molecule has 0 N–H and O–H groups in total. The molecule has 3 heteroatoms. The zero-order valence-electron chi connectivity index (χ0n) is 13.3. The molecule has 0 aliphatic carbocycles. The van der Waals surface area contributed by atoms with E-state index in [0.29, 0.717) is 11.4 Å². The quantitative estimate of drug-likeness (QED) is 0.397. The Kier molecular flexibility index (Phi) is 4.82. The number of esters is 1. The van der Waals surface area contributed by atoms with Gasteiger partial charge in [-0.3, -0.25) is 0 Å². The van der Waals surface area contributed by atoms with Crippen LogP contribution < -0.4 is 4.74 Å². The third-order valence-electron chi connectivity index (χ3n) is 3.47. The van der Waals surface area contributed by atoms with Gasteiger partial charge in [0.05, 0.1) is 5.69 Å². The first-order chi connectivity index (χ1) is 11.7. The molecule has 3 aromatic carbocycles. The van der Waals surface area contributed by atoms with Gasteiger partial charge in [0.15, 0.2) is 5.71 Å². The van der Waals surface area contributed by atoms with Crippen molar-refractivity contribution in [2.75, 3.05) is 0 Å². The summed E-state index contributed by atoms with van der Waals surface area (Å²) in [5, 5.41) is 0. The number of aryl methyl sites for hydroxylation is 1.